The van der Waals surface area contributed by atoms with E-state index in [9.17, 15) is 8.42 Å². The topological polar surface area (TPSA) is 46.2 Å². The Bertz CT molecular complexity index is 973. The predicted molar refractivity (Wildman–Crippen MR) is 109 cm³/mol. The van der Waals surface area contributed by atoms with Gasteiger partial charge in [-0.1, -0.05) is 72.4 Å². The average Bonchev–Trinajstić information content (AvgIpc) is 2.67. The molecule has 0 radical (unpaired) electrons. The van der Waals surface area contributed by atoms with Crippen LogP contribution in [0, 0.1) is 0 Å². The third kappa shape index (κ3) is 4.18. The summed E-state index contributed by atoms with van der Waals surface area (Å²) in [6.07, 6.45) is 1.42. The van der Waals surface area contributed by atoms with Crippen LogP contribution in [-0.2, 0) is 9.84 Å². The molecule has 1 N–H and O–H groups in total. The molecule has 0 spiro atoms. The second-order valence-electron chi connectivity index (χ2n) is 5.58. The van der Waals surface area contributed by atoms with Gasteiger partial charge in [0.25, 0.3) is 0 Å². The zero-order valence-electron chi connectivity index (χ0n) is 14.1. The van der Waals surface area contributed by atoms with Crippen LogP contribution in [-0.4, -0.2) is 14.2 Å². The zero-order chi connectivity index (χ0) is 18.4. The molecular weight excluding hydrogens is 362 g/mol. The van der Waals surface area contributed by atoms with Crippen molar-refractivity contribution in [1.82, 2.24) is 0 Å². The Kier molecular flexibility index (Phi) is 5.81. The summed E-state index contributed by atoms with van der Waals surface area (Å²) in [6.45, 7) is 3.51. The van der Waals surface area contributed by atoms with E-state index in [1.165, 1.54) is 6.08 Å². The van der Waals surface area contributed by atoms with Crippen molar-refractivity contribution in [2.75, 3.05) is 11.1 Å². The van der Waals surface area contributed by atoms with Crippen LogP contribution in [0.25, 0.3) is 0 Å². The molecule has 1 aliphatic rings. The van der Waals surface area contributed by atoms with Crippen LogP contribution in [0.1, 0.15) is 0 Å². The van der Waals surface area contributed by atoms with E-state index in [1.807, 2.05) is 66.7 Å². The van der Waals surface area contributed by atoms with Gasteiger partial charge in [0, 0.05) is 9.79 Å². The van der Waals surface area contributed by atoms with Crippen molar-refractivity contribution >= 4 is 33.0 Å². The minimum atomic E-state index is -3.35. The molecule has 1 heterocycles. The van der Waals surface area contributed by atoms with Crippen molar-refractivity contribution in [2.45, 2.75) is 14.7 Å². The number of nitrogens with one attached hydrogen (secondary N) is 1. The van der Waals surface area contributed by atoms with Crippen LogP contribution in [0.3, 0.4) is 0 Å². The Labute approximate surface area is 158 Å². The lowest BCUT2D eigenvalue weighted by Crippen LogP contribution is -2.10. The smallest absolute Gasteiger partial charge is 0.183 e. The minimum absolute atomic E-state index is 0.0581. The van der Waals surface area contributed by atoms with Gasteiger partial charge in [-0.2, -0.15) is 0 Å². The first-order valence-electron chi connectivity index (χ1n) is 8.12. The first kappa shape index (κ1) is 18.3. The van der Waals surface area contributed by atoms with Gasteiger partial charge in [-0.3, -0.25) is 0 Å². The van der Waals surface area contributed by atoms with E-state index in [1.54, 1.807) is 23.9 Å². The second-order valence-corrected chi connectivity index (χ2v) is 8.66. The van der Waals surface area contributed by atoms with Gasteiger partial charge in [0.05, 0.1) is 22.0 Å². The molecule has 3 aromatic carbocycles. The average molecular weight is 382 g/mol. The Morgan fingerprint density at radius 2 is 1.46 bits per heavy atom. The standard InChI is InChI=1S/C15H13NO2S2.C6H6/c1-2-10-20(17,18)14-9-5-8-13-15(14)16-11-6-3-4-7-12(11)19-13;1-2-4-6-5-3-1/h2-9,16H,1,10H2;1-6H. The Hall–Kier alpha value is -2.50. The number of rotatable bonds is 3. The molecule has 0 unspecified atom stereocenters. The lowest BCUT2D eigenvalue weighted by Gasteiger charge is -2.22. The van der Waals surface area contributed by atoms with E-state index in [2.05, 4.69) is 11.9 Å². The number of para-hydroxylation sites is 2. The molecule has 0 saturated carbocycles. The maximum atomic E-state index is 12.3. The van der Waals surface area contributed by atoms with Crippen molar-refractivity contribution in [2.24, 2.45) is 0 Å². The summed E-state index contributed by atoms with van der Waals surface area (Å²) in [5.41, 5.74) is 1.60. The van der Waals surface area contributed by atoms with Crippen LogP contribution in [0.2, 0.25) is 0 Å². The molecule has 0 amide bonds. The van der Waals surface area contributed by atoms with Crippen molar-refractivity contribution in [1.29, 1.82) is 0 Å². The summed E-state index contributed by atoms with van der Waals surface area (Å²) in [4.78, 5) is 2.35. The van der Waals surface area contributed by atoms with E-state index in [-0.39, 0.29) is 5.75 Å². The molecular formula is C21H19NO2S2. The van der Waals surface area contributed by atoms with Crippen LogP contribution < -0.4 is 5.32 Å². The van der Waals surface area contributed by atoms with E-state index >= 15 is 0 Å². The van der Waals surface area contributed by atoms with Crippen LogP contribution >= 0.6 is 11.8 Å². The fraction of sp³-hybridized carbons (Fsp3) is 0.0476. The van der Waals surface area contributed by atoms with Gasteiger partial charge in [0.2, 0.25) is 0 Å². The lowest BCUT2D eigenvalue weighted by molar-refractivity contribution is 0.599. The van der Waals surface area contributed by atoms with Crippen molar-refractivity contribution in [3.63, 3.8) is 0 Å². The van der Waals surface area contributed by atoms with Gasteiger partial charge < -0.3 is 5.32 Å². The third-order valence-electron chi connectivity index (χ3n) is 3.69. The minimum Gasteiger partial charge on any atom is -0.353 e. The molecule has 1 aliphatic heterocycles. The SMILES string of the molecule is C=CCS(=O)(=O)c1cccc2c1Nc1ccccc1S2.c1ccccc1. The van der Waals surface area contributed by atoms with E-state index in [0.717, 1.165) is 15.5 Å². The summed E-state index contributed by atoms with van der Waals surface area (Å²) >= 11 is 1.58. The second kappa shape index (κ2) is 8.25. The molecule has 0 saturated heterocycles. The third-order valence-corrected chi connectivity index (χ3v) is 6.51. The molecule has 0 aromatic heterocycles. The molecule has 0 fully saturated rings. The van der Waals surface area contributed by atoms with Gasteiger partial charge in [0.1, 0.15) is 0 Å². The summed E-state index contributed by atoms with van der Waals surface area (Å²) < 4.78 is 24.6. The monoisotopic (exact) mass is 381 g/mol. The molecule has 3 nitrogen and oxygen atoms in total. The normalized spacial score (nSPS) is 11.8. The predicted octanol–water partition coefficient (Wildman–Crippen LogP) is 5.54. The number of benzene rings is 3. The summed E-state index contributed by atoms with van der Waals surface area (Å²) in [7, 11) is -3.35. The van der Waals surface area contributed by atoms with Gasteiger partial charge in [-0.15, -0.1) is 6.58 Å². The fourth-order valence-electron chi connectivity index (χ4n) is 2.52. The highest BCUT2D eigenvalue weighted by atomic mass is 32.2. The zero-order valence-corrected chi connectivity index (χ0v) is 15.8. The fourth-order valence-corrected chi connectivity index (χ4v) is 4.85. The highest BCUT2D eigenvalue weighted by Crippen LogP contribution is 2.46. The number of sulfone groups is 1. The van der Waals surface area contributed by atoms with E-state index in [0.29, 0.717) is 10.6 Å². The highest BCUT2D eigenvalue weighted by Gasteiger charge is 2.24. The van der Waals surface area contributed by atoms with Crippen molar-refractivity contribution in [3.8, 4) is 0 Å². The van der Waals surface area contributed by atoms with Crippen LogP contribution in [0.15, 0.2) is 106 Å². The maximum Gasteiger partial charge on any atom is 0.183 e. The summed E-state index contributed by atoms with van der Waals surface area (Å²) in [5.74, 6) is -0.0581. The molecule has 0 aliphatic carbocycles. The molecule has 4 rings (SSSR count). The summed E-state index contributed by atoms with van der Waals surface area (Å²) in [6, 6.07) is 25.2. The van der Waals surface area contributed by atoms with Gasteiger partial charge in [-0.25, -0.2) is 8.42 Å². The first-order valence-corrected chi connectivity index (χ1v) is 10.6. The van der Waals surface area contributed by atoms with E-state index in [4.69, 9.17) is 0 Å². The molecule has 132 valence electrons. The van der Waals surface area contributed by atoms with Crippen LogP contribution in [0.5, 0.6) is 0 Å². The lowest BCUT2D eigenvalue weighted by atomic mass is 10.2. The molecule has 5 heteroatoms. The summed E-state index contributed by atoms with van der Waals surface area (Å²) in [5, 5.41) is 3.24. The molecule has 26 heavy (non-hydrogen) atoms. The number of anilines is 2. The first-order chi connectivity index (χ1) is 12.6. The molecule has 0 bridgehead atoms. The Balaban J connectivity index is 0.000000278. The van der Waals surface area contributed by atoms with Gasteiger partial charge >= 0.3 is 0 Å². The van der Waals surface area contributed by atoms with Gasteiger partial charge in [-0.05, 0) is 24.3 Å². The number of hydrogen-bond acceptors (Lipinski definition) is 4. The van der Waals surface area contributed by atoms with E-state index < -0.39 is 9.84 Å². The highest BCUT2D eigenvalue weighted by molar-refractivity contribution is 7.99. The Morgan fingerprint density at radius 1 is 0.846 bits per heavy atom. The number of hydrogen-bond donors (Lipinski definition) is 1. The number of fused-ring (bicyclic) bond motifs is 2. The van der Waals surface area contributed by atoms with Gasteiger partial charge in [0.15, 0.2) is 9.84 Å². The quantitative estimate of drug-likeness (QED) is 0.473. The Morgan fingerprint density at radius 3 is 2.12 bits per heavy atom. The molecule has 0 atom stereocenters. The largest absolute Gasteiger partial charge is 0.353 e. The van der Waals surface area contributed by atoms with Crippen LogP contribution in [0.4, 0.5) is 11.4 Å². The van der Waals surface area contributed by atoms with Crippen molar-refractivity contribution in [3.05, 3.63) is 91.5 Å². The molecule has 3 aromatic rings. The maximum absolute atomic E-state index is 12.3. The van der Waals surface area contributed by atoms with Crippen molar-refractivity contribution < 1.29 is 8.42 Å².